The highest BCUT2D eigenvalue weighted by molar-refractivity contribution is 7.91. The van der Waals surface area contributed by atoms with Crippen LogP contribution >= 0.6 is 22.9 Å². The van der Waals surface area contributed by atoms with Crippen molar-refractivity contribution in [3.63, 3.8) is 0 Å². The summed E-state index contributed by atoms with van der Waals surface area (Å²) in [5, 5.41) is 1.16. The SMILES string of the molecule is Cc1c(Cl)ccc2sc(N(Cc3ccccn3)C(=O)CCCS(=O)(=O)c3ccccc3)nc12. The molecular weight excluding hydrogens is 478 g/mol. The van der Waals surface area contributed by atoms with Gasteiger partial charge in [0.25, 0.3) is 0 Å². The summed E-state index contributed by atoms with van der Waals surface area (Å²) in [6.07, 6.45) is 1.96. The third kappa shape index (κ3) is 5.40. The van der Waals surface area contributed by atoms with Crippen LogP contribution in [0.1, 0.15) is 24.1 Å². The lowest BCUT2D eigenvalue weighted by atomic mass is 10.2. The van der Waals surface area contributed by atoms with Crippen LogP contribution in [0.4, 0.5) is 5.13 Å². The Morgan fingerprint density at radius 3 is 2.55 bits per heavy atom. The number of sulfone groups is 1. The second kappa shape index (κ2) is 9.99. The van der Waals surface area contributed by atoms with Crippen LogP contribution in [0.3, 0.4) is 0 Å². The van der Waals surface area contributed by atoms with Crippen molar-refractivity contribution in [2.45, 2.75) is 31.2 Å². The average molecular weight is 500 g/mol. The Labute approximate surface area is 201 Å². The molecule has 2 aromatic heterocycles. The molecule has 170 valence electrons. The van der Waals surface area contributed by atoms with Gasteiger partial charge in [0.15, 0.2) is 15.0 Å². The monoisotopic (exact) mass is 499 g/mol. The molecule has 33 heavy (non-hydrogen) atoms. The van der Waals surface area contributed by atoms with Gasteiger partial charge in [0.1, 0.15) is 0 Å². The van der Waals surface area contributed by atoms with Gasteiger partial charge in [-0.25, -0.2) is 13.4 Å². The fourth-order valence-corrected chi connectivity index (χ4v) is 5.94. The van der Waals surface area contributed by atoms with E-state index in [9.17, 15) is 13.2 Å². The Kier molecular flexibility index (Phi) is 7.07. The molecule has 0 aliphatic heterocycles. The Hall–Kier alpha value is -2.81. The van der Waals surface area contributed by atoms with Crippen molar-refractivity contribution in [3.8, 4) is 0 Å². The van der Waals surface area contributed by atoms with E-state index in [0.29, 0.717) is 10.2 Å². The number of hydrogen-bond acceptors (Lipinski definition) is 6. The van der Waals surface area contributed by atoms with E-state index in [1.165, 1.54) is 11.3 Å². The molecule has 0 saturated heterocycles. The first-order chi connectivity index (χ1) is 15.8. The molecule has 0 unspecified atom stereocenters. The second-order valence-corrected chi connectivity index (χ2v) is 11.1. The van der Waals surface area contributed by atoms with Gasteiger partial charge in [-0.3, -0.25) is 14.7 Å². The zero-order chi connectivity index (χ0) is 23.4. The van der Waals surface area contributed by atoms with Crippen molar-refractivity contribution in [1.82, 2.24) is 9.97 Å². The minimum atomic E-state index is -3.45. The second-order valence-electron chi connectivity index (χ2n) is 7.55. The number of anilines is 1. The smallest absolute Gasteiger partial charge is 0.229 e. The maximum Gasteiger partial charge on any atom is 0.229 e. The van der Waals surface area contributed by atoms with Gasteiger partial charge in [0, 0.05) is 17.6 Å². The van der Waals surface area contributed by atoms with Gasteiger partial charge in [-0.15, -0.1) is 0 Å². The van der Waals surface area contributed by atoms with Crippen LogP contribution in [-0.2, 0) is 21.2 Å². The first-order valence-corrected chi connectivity index (χ1v) is 13.2. The van der Waals surface area contributed by atoms with Gasteiger partial charge in [-0.1, -0.05) is 47.2 Å². The van der Waals surface area contributed by atoms with E-state index in [1.807, 2.05) is 37.3 Å². The van der Waals surface area contributed by atoms with Crippen LogP contribution in [0.5, 0.6) is 0 Å². The van der Waals surface area contributed by atoms with E-state index < -0.39 is 9.84 Å². The van der Waals surface area contributed by atoms with Crippen molar-refractivity contribution in [2.75, 3.05) is 10.7 Å². The molecule has 0 spiro atoms. The van der Waals surface area contributed by atoms with Crippen molar-refractivity contribution in [1.29, 1.82) is 0 Å². The third-order valence-corrected chi connectivity index (χ3v) is 8.49. The molecule has 2 heterocycles. The molecule has 1 amide bonds. The highest BCUT2D eigenvalue weighted by Crippen LogP contribution is 2.34. The van der Waals surface area contributed by atoms with Crippen molar-refractivity contribution in [3.05, 3.63) is 83.1 Å². The zero-order valence-electron chi connectivity index (χ0n) is 17.9. The lowest BCUT2D eigenvalue weighted by molar-refractivity contribution is -0.118. The lowest BCUT2D eigenvalue weighted by Crippen LogP contribution is -2.30. The van der Waals surface area contributed by atoms with Crippen LogP contribution in [0.15, 0.2) is 71.8 Å². The summed E-state index contributed by atoms with van der Waals surface area (Å²) in [4.78, 5) is 24.1. The maximum atomic E-state index is 13.2. The number of fused-ring (bicyclic) bond motifs is 1. The molecule has 9 heteroatoms. The molecule has 4 aromatic rings. The Bertz CT molecular complexity index is 1370. The number of benzene rings is 2. The molecule has 6 nitrogen and oxygen atoms in total. The number of pyridine rings is 1. The van der Waals surface area contributed by atoms with Gasteiger partial charge in [0.05, 0.1) is 33.1 Å². The van der Waals surface area contributed by atoms with Gasteiger partial charge in [-0.2, -0.15) is 0 Å². The molecule has 0 N–H and O–H groups in total. The highest BCUT2D eigenvalue weighted by atomic mass is 35.5. The van der Waals surface area contributed by atoms with E-state index >= 15 is 0 Å². The van der Waals surface area contributed by atoms with Gasteiger partial charge in [0.2, 0.25) is 5.91 Å². The minimum absolute atomic E-state index is 0.0779. The Morgan fingerprint density at radius 1 is 1.06 bits per heavy atom. The van der Waals surface area contributed by atoms with E-state index in [4.69, 9.17) is 11.6 Å². The number of rotatable bonds is 8. The molecule has 0 fully saturated rings. The van der Waals surface area contributed by atoms with Crippen molar-refractivity contribution in [2.24, 2.45) is 0 Å². The summed E-state index contributed by atoms with van der Waals surface area (Å²) < 4.78 is 26.1. The normalized spacial score (nSPS) is 11.6. The summed E-state index contributed by atoms with van der Waals surface area (Å²) in [5.41, 5.74) is 2.33. The Balaban J connectivity index is 1.56. The number of thiazole rings is 1. The maximum absolute atomic E-state index is 13.2. The van der Waals surface area contributed by atoms with Crippen LogP contribution in [0.25, 0.3) is 10.2 Å². The van der Waals surface area contributed by atoms with E-state index in [2.05, 4.69) is 9.97 Å². The fourth-order valence-electron chi connectivity index (χ4n) is 3.41. The average Bonchev–Trinajstić information content (AvgIpc) is 3.26. The van der Waals surface area contributed by atoms with Crippen LogP contribution in [0, 0.1) is 6.92 Å². The number of hydrogen-bond donors (Lipinski definition) is 0. The number of aromatic nitrogens is 2. The quantitative estimate of drug-likeness (QED) is 0.322. The molecule has 0 saturated carbocycles. The number of nitrogens with zero attached hydrogens (tertiary/aromatic N) is 3. The highest BCUT2D eigenvalue weighted by Gasteiger charge is 2.23. The fraction of sp³-hybridized carbons (Fsp3) is 0.208. The number of halogens is 1. The van der Waals surface area contributed by atoms with Crippen LogP contribution in [-0.4, -0.2) is 30.0 Å². The molecule has 0 aliphatic carbocycles. The number of aryl methyl sites for hydroxylation is 1. The minimum Gasteiger partial charge on any atom is -0.282 e. The summed E-state index contributed by atoms with van der Waals surface area (Å²) in [6.45, 7) is 2.14. The summed E-state index contributed by atoms with van der Waals surface area (Å²) in [5.74, 6) is -0.305. The largest absolute Gasteiger partial charge is 0.282 e. The predicted octanol–water partition coefficient (Wildman–Crippen LogP) is 5.44. The first-order valence-electron chi connectivity index (χ1n) is 10.4. The number of carbonyl (C=O) groups excluding carboxylic acids is 1. The molecule has 0 bridgehead atoms. The molecular formula is C24H22ClN3O3S2. The summed E-state index contributed by atoms with van der Waals surface area (Å²) in [6, 6.07) is 17.5. The molecule has 0 radical (unpaired) electrons. The van der Waals surface area contributed by atoms with Gasteiger partial charge >= 0.3 is 0 Å². The Morgan fingerprint density at radius 2 is 1.82 bits per heavy atom. The number of amides is 1. The predicted molar refractivity (Wildman–Crippen MR) is 133 cm³/mol. The topological polar surface area (TPSA) is 80.2 Å². The van der Waals surface area contributed by atoms with Crippen LogP contribution < -0.4 is 4.90 Å². The summed E-state index contributed by atoms with van der Waals surface area (Å²) in [7, 11) is -3.45. The molecule has 2 aromatic carbocycles. The molecule has 0 atom stereocenters. The summed E-state index contributed by atoms with van der Waals surface area (Å²) >= 11 is 7.65. The van der Waals surface area contributed by atoms with Gasteiger partial charge in [-0.05, 0) is 55.3 Å². The van der Waals surface area contributed by atoms with Gasteiger partial charge < -0.3 is 0 Å². The third-order valence-electron chi connectivity index (χ3n) is 5.22. The van der Waals surface area contributed by atoms with E-state index in [0.717, 1.165) is 21.5 Å². The standard InChI is InChI=1S/C24H22ClN3O3S2/c1-17-20(25)12-13-21-23(17)27-24(32-21)28(16-18-8-5-6-14-26-18)22(29)11-7-15-33(30,31)19-9-3-2-4-10-19/h2-6,8-10,12-14H,7,11,15-16H2,1H3. The van der Waals surface area contributed by atoms with E-state index in [-0.39, 0.29) is 35.9 Å². The first kappa shape index (κ1) is 23.4. The lowest BCUT2D eigenvalue weighted by Gasteiger charge is -2.19. The molecule has 4 rings (SSSR count). The van der Waals surface area contributed by atoms with Crippen molar-refractivity contribution < 1.29 is 13.2 Å². The zero-order valence-corrected chi connectivity index (χ0v) is 20.3. The van der Waals surface area contributed by atoms with E-state index in [1.54, 1.807) is 41.4 Å². The molecule has 0 aliphatic rings. The van der Waals surface area contributed by atoms with Crippen LogP contribution in [0.2, 0.25) is 5.02 Å². The number of carbonyl (C=O) groups is 1. The van der Waals surface area contributed by atoms with Crippen molar-refractivity contribution >= 4 is 54.0 Å².